The molecule has 0 saturated carbocycles. The van der Waals surface area contributed by atoms with Crippen LogP contribution >= 0.6 is 0 Å². The summed E-state index contributed by atoms with van der Waals surface area (Å²) < 4.78 is 0. The van der Waals surface area contributed by atoms with Crippen LogP contribution in [0.3, 0.4) is 0 Å². The highest BCUT2D eigenvalue weighted by Gasteiger charge is 2.22. The third-order valence-electron chi connectivity index (χ3n) is 3.12. The molecule has 0 saturated heterocycles. The van der Waals surface area contributed by atoms with Crippen LogP contribution in [0.1, 0.15) is 13.3 Å². The summed E-state index contributed by atoms with van der Waals surface area (Å²) in [6.45, 7) is 1.41. The van der Waals surface area contributed by atoms with E-state index in [-0.39, 0.29) is 13.2 Å². The molecule has 0 rings (SSSR count). The van der Waals surface area contributed by atoms with Crippen molar-refractivity contribution in [2.24, 2.45) is 0 Å². The van der Waals surface area contributed by atoms with Gasteiger partial charge in [0.25, 0.3) is 0 Å². The maximum absolute atomic E-state index is 9.59. The first kappa shape index (κ1) is 19.7. The van der Waals surface area contributed by atoms with E-state index in [0.29, 0.717) is 19.5 Å². The minimum atomic E-state index is -1.05. The van der Waals surface area contributed by atoms with E-state index in [1.165, 1.54) is 6.92 Å². The molecule has 0 heterocycles. The van der Waals surface area contributed by atoms with Gasteiger partial charge in [-0.2, -0.15) is 0 Å². The van der Waals surface area contributed by atoms with Crippen LogP contribution in [0.4, 0.5) is 0 Å². The summed E-state index contributed by atoms with van der Waals surface area (Å²) in [7, 11) is 0. The summed E-state index contributed by atoms with van der Waals surface area (Å²) in [5.74, 6) is 0. The molecular weight excluding hydrogens is 268 g/mol. The van der Waals surface area contributed by atoms with E-state index in [9.17, 15) is 15.3 Å². The summed E-state index contributed by atoms with van der Waals surface area (Å²) in [4.78, 5) is 0. The minimum absolute atomic E-state index is 0.283. The fraction of sp³-hybridized carbons (Fsp3) is 1.00. The van der Waals surface area contributed by atoms with Crippen molar-refractivity contribution in [3.63, 3.8) is 0 Å². The van der Waals surface area contributed by atoms with E-state index in [1.807, 2.05) is 0 Å². The molecule has 122 valence electrons. The topological polar surface area (TPSA) is 145 Å². The van der Waals surface area contributed by atoms with Crippen molar-refractivity contribution in [1.29, 1.82) is 0 Å². The molecule has 0 spiro atoms. The van der Waals surface area contributed by atoms with E-state index in [0.717, 1.165) is 0 Å². The first-order valence-electron chi connectivity index (χ1n) is 6.81. The molecule has 0 fully saturated rings. The van der Waals surface area contributed by atoms with Crippen LogP contribution in [-0.2, 0) is 0 Å². The molecule has 0 aromatic rings. The van der Waals surface area contributed by atoms with E-state index in [2.05, 4.69) is 10.6 Å². The van der Waals surface area contributed by atoms with Gasteiger partial charge < -0.3 is 41.3 Å². The number of aliphatic hydroxyl groups is 6. The van der Waals surface area contributed by atoms with Gasteiger partial charge in [0, 0.05) is 0 Å². The fourth-order valence-electron chi connectivity index (χ4n) is 1.74. The molecule has 8 N–H and O–H groups in total. The van der Waals surface area contributed by atoms with Gasteiger partial charge >= 0.3 is 0 Å². The van der Waals surface area contributed by atoms with Crippen molar-refractivity contribution < 1.29 is 30.6 Å². The Kier molecular flexibility index (Phi) is 11.2. The molecule has 0 aliphatic carbocycles. The maximum atomic E-state index is 9.59. The summed E-state index contributed by atoms with van der Waals surface area (Å²) in [6.07, 6.45) is -2.38. The van der Waals surface area contributed by atoms with Crippen molar-refractivity contribution in [1.82, 2.24) is 10.6 Å². The first-order chi connectivity index (χ1) is 9.47. The molecule has 0 aliphatic heterocycles. The molecule has 0 aromatic carbocycles. The van der Waals surface area contributed by atoms with Crippen LogP contribution in [0, 0.1) is 0 Å². The average molecular weight is 296 g/mol. The number of hydrogen-bond acceptors (Lipinski definition) is 8. The Morgan fingerprint density at radius 2 is 1.30 bits per heavy atom. The zero-order chi connectivity index (χ0) is 15.5. The van der Waals surface area contributed by atoms with Crippen molar-refractivity contribution in [2.75, 3.05) is 32.9 Å². The van der Waals surface area contributed by atoms with Crippen molar-refractivity contribution >= 4 is 0 Å². The molecule has 1 unspecified atom stereocenters. The normalized spacial score (nSPS) is 19.4. The van der Waals surface area contributed by atoms with Gasteiger partial charge in [0.15, 0.2) is 0 Å². The molecule has 8 nitrogen and oxygen atoms in total. The lowest BCUT2D eigenvalue weighted by Crippen LogP contribution is -2.49. The quantitative estimate of drug-likeness (QED) is 0.172. The molecule has 0 amide bonds. The Morgan fingerprint density at radius 3 is 1.70 bits per heavy atom. The predicted octanol–water partition coefficient (Wildman–Crippen LogP) is -3.63. The van der Waals surface area contributed by atoms with Crippen LogP contribution < -0.4 is 10.6 Å². The number of nitrogens with one attached hydrogen (secondary N) is 2. The third-order valence-corrected chi connectivity index (χ3v) is 3.12. The summed E-state index contributed by atoms with van der Waals surface area (Å²) in [6, 6.07) is -1.19. The molecular formula is C12H28N2O6. The Labute approximate surface area is 119 Å². The smallest absolute Gasteiger partial charge is 0.0971 e. The summed E-state index contributed by atoms with van der Waals surface area (Å²) in [5.41, 5.74) is 0. The Morgan fingerprint density at radius 1 is 0.800 bits per heavy atom. The summed E-state index contributed by atoms with van der Waals surface area (Å²) >= 11 is 0. The lowest BCUT2D eigenvalue weighted by Gasteiger charge is -2.25. The van der Waals surface area contributed by atoms with Crippen LogP contribution in [0.15, 0.2) is 0 Å². The van der Waals surface area contributed by atoms with Gasteiger partial charge in [0.05, 0.1) is 50.2 Å². The van der Waals surface area contributed by atoms with E-state index in [4.69, 9.17) is 15.3 Å². The second kappa shape index (κ2) is 11.4. The van der Waals surface area contributed by atoms with Crippen molar-refractivity contribution in [3.05, 3.63) is 0 Å². The van der Waals surface area contributed by atoms with Gasteiger partial charge in [-0.1, -0.05) is 0 Å². The summed E-state index contributed by atoms with van der Waals surface area (Å²) in [5, 5.41) is 60.8. The molecule has 5 atom stereocenters. The largest absolute Gasteiger partial charge is 0.395 e. The number of hydrogen-bond donors (Lipinski definition) is 8. The number of rotatable bonds is 12. The van der Waals surface area contributed by atoms with Crippen molar-refractivity contribution in [3.8, 4) is 0 Å². The first-order valence-corrected chi connectivity index (χ1v) is 6.81. The molecule has 0 aliphatic rings. The van der Waals surface area contributed by atoms with Gasteiger partial charge in [-0.05, 0) is 26.4 Å². The molecule has 8 heteroatoms. The monoisotopic (exact) mass is 296 g/mol. The average Bonchev–Trinajstić information content (AvgIpc) is 2.45. The zero-order valence-corrected chi connectivity index (χ0v) is 11.8. The Bertz CT molecular complexity index is 232. The highest BCUT2D eigenvalue weighted by Crippen LogP contribution is 1.99. The highest BCUT2D eigenvalue weighted by atomic mass is 16.3. The van der Waals surface area contributed by atoms with Crippen LogP contribution in [0.2, 0.25) is 0 Å². The lowest BCUT2D eigenvalue weighted by atomic mass is 10.1. The van der Waals surface area contributed by atoms with Gasteiger partial charge in [0.1, 0.15) is 0 Å². The molecule has 0 radical (unpaired) electrons. The maximum Gasteiger partial charge on any atom is 0.0971 e. The standard InChI is InChI=1S/C12H28N2O6/c1-8(18)12(20)10(6-16)14-4-2-3-13-9(5-15)11(19)7-17/h8-20H,2-7H2,1H3/t8?,9-,10+,11-,12+/m1/s1. The Balaban J connectivity index is 3.84. The van der Waals surface area contributed by atoms with E-state index < -0.39 is 37.0 Å². The van der Waals surface area contributed by atoms with E-state index >= 15 is 0 Å². The van der Waals surface area contributed by atoms with Crippen LogP contribution in [0.5, 0.6) is 0 Å². The Hall–Kier alpha value is -0.320. The van der Waals surface area contributed by atoms with Gasteiger partial charge in [-0.3, -0.25) is 0 Å². The lowest BCUT2D eigenvalue weighted by molar-refractivity contribution is -0.00698. The SMILES string of the molecule is CC(O)[C@H](O)[C@H](CO)NCCCN[C@H](CO)[C@H](O)CO. The van der Waals surface area contributed by atoms with Gasteiger partial charge in [-0.25, -0.2) is 0 Å². The number of aliphatic hydroxyl groups excluding tert-OH is 6. The zero-order valence-electron chi connectivity index (χ0n) is 11.8. The second-order valence-corrected chi connectivity index (χ2v) is 4.82. The third kappa shape index (κ3) is 7.46. The minimum Gasteiger partial charge on any atom is -0.395 e. The molecule has 0 aromatic heterocycles. The predicted molar refractivity (Wildman–Crippen MR) is 73.2 cm³/mol. The van der Waals surface area contributed by atoms with Crippen LogP contribution in [-0.4, -0.2) is 93.9 Å². The molecule has 0 bridgehead atoms. The van der Waals surface area contributed by atoms with Gasteiger partial charge in [0.2, 0.25) is 0 Å². The molecule has 20 heavy (non-hydrogen) atoms. The van der Waals surface area contributed by atoms with Gasteiger partial charge in [-0.15, -0.1) is 0 Å². The fourth-order valence-corrected chi connectivity index (χ4v) is 1.74. The second-order valence-electron chi connectivity index (χ2n) is 4.82. The van der Waals surface area contributed by atoms with E-state index in [1.54, 1.807) is 0 Å². The highest BCUT2D eigenvalue weighted by molar-refractivity contribution is 4.79. The van der Waals surface area contributed by atoms with Crippen molar-refractivity contribution in [2.45, 2.75) is 43.7 Å². The van der Waals surface area contributed by atoms with Crippen LogP contribution in [0.25, 0.3) is 0 Å².